The summed E-state index contributed by atoms with van der Waals surface area (Å²) in [7, 11) is 1.25. The van der Waals surface area contributed by atoms with Gasteiger partial charge in [0.1, 0.15) is 18.2 Å². The van der Waals surface area contributed by atoms with Crippen molar-refractivity contribution in [1.29, 1.82) is 5.26 Å². The van der Waals surface area contributed by atoms with Gasteiger partial charge in [0.05, 0.1) is 24.8 Å². The lowest BCUT2D eigenvalue weighted by molar-refractivity contribution is -0.144. The van der Waals surface area contributed by atoms with Crippen LogP contribution < -0.4 is 15.1 Å². The van der Waals surface area contributed by atoms with Crippen molar-refractivity contribution >= 4 is 29.3 Å². The molecule has 2 saturated heterocycles. The van der Waals surface area contributed by atoms with Crippen molar-refractivity contribution in [2.45, 2.75) is 76.4 Å². The summed E-state index contributed by atoms with van der Waals surface area (Å²) in [6, 6.07) is 10.3. The van der Waals surface area contributed by atoms with Crippen molar-refractivity contribution in [3.8, 4) is 6.07 Å². The molecule has 2 aromatic rings. The molecule has 4 rings (SSSR count). The second-order valence-corrected chi connectivity index (χ2v) is 11.6. The first kappa shape index (κ1) is 33.7. The molecular weight excluding hydrogens is 589 g/mol. The number of hydrogen-bond donors (Lipinski definition) is 1. The molecule has 45 heavy (non-hydrogen) atoms. The van der Waals surface area contributed by atoms with Gasteiger partial charge in [0.2, 0.25) is 11.7 Å². The van der Waals surface area contributed by atoms with Gasteiger partial charge in [0, 0.05) is 38.5 Å². The number of aryl methyl sites for hydroxylation is 1. The van der Waals surface area contributed by atoms with E-state index in [-0.39, 0.29) is 36.3 Å². The average molecular weight is 629 g/mol. The third kappa shape index (κ3) is 9.64. The Hall–Kier alpha value is -4.21. The Morgan fingerprint density at radius 3 is 2.40 bits per heavy atom. The van der Waals surface area contributed by atoms with Gasteiger partial charge in [-0.1, -0.05) is 12.1 Å². The maximum atomic E-state index is 13.9. The zero-order chi connectivity index (χ0) is 32.4. The van der Waals surface area contributed by atoms with Crippen LogP contribution in [0.4, 0.5) is 24.8 Å². The lowest BCUT2D eigenvalue weighted by Crippen LogP contribution is -2.38. The number of ether oxygens (including phenoxy) is 1. The van der Waals surface area contributed by atoms with E-state index in [4.69, 9.17) is 5.26 Å². The van der Waals surface area contributed by atoms with Crippen LogP contribution in [0.1, 0.15) is 74.7 Å². The third-order valence-electron chi connectivity index (χ3n) is 8.46. The number of hydrogen-bond acceptors (Lipinski definition) is 9. The Kier molecular flexibility index (Phi) is 11.7. The van der Waals surface area contributed by atoms with Gasteiger partial charge >= 0.3 is 12.1 Å². The number of methoxy groups -OCH3 is 1. The molecule has 0 radical (unpaired) electrons. The fraction of sp³-hybridized carbons (Fsp3) is 0.562. The first-order valence-corrected chi connectivity index (χ1v) is 15.4. The molecule has 10 nitrogen and oxygen atoms in total. The van der Waals surface area contributed by atoms with Gasteiger partial charge in [0.25, 0.3) is 0 Å². The summed E-state index contributed by atoms with van der Waals surface area (Å²) in [5.41, 5.74) is 1.59. The van der Waals surface area contributed by atoms with Gasteiger partial charge in [-0.05, 0) is 75.0 Å². The number of nitriles is 1. The minimum atomic E-state index is -4.74. The first-order valence-electron chi connectivity index (χ1n) is 15.4. The molecule has 2 aliphatic heterocycles. The van der Waals surface area contributed by atoms with Crippen molar-refractivity contribution in [1.82, 2.24) is 15.3 Å². The summed E-state index contributed by atoms with van der Waals surface area (Å²) in [6.07, 6.45) is 1.28. The van der Waals surface area contributed by atoms with Crippen LogP contribution in [-0.2, 0) is 31.7 Å². The summed E-state index contributed by atoms with van der Waals surface area (Å²) >= 11 is 0. The maximum Gasteiger partial charge on any atom is 0.451 e. The number of nitrogens with one attached hydrogen (secondary N) is 1. The number of amides is 1. The van der Waals surface area contributed by atoms with Gasteiger partial charge in [0.15, 0.2) is 5.78 Å². The molecule has 1 atom stereocenters. The van der Waals surface area contributed by atoms with Crippen molar-refractivity contribution < 1.29 is 32.3 Å². The Bertz CT molecular complexity index is 1370. The fourth-order valence-corrected chi connectivity index (χ4v) is 5.95. The van der Waals surface area contributed by atoms with Crippen LogP contribution in [0, 0.1) is 17.2 Å². The Balaban J connectivity index is 1.34. The van der Waals surface area contributed by atoms with E-state index < -0.39 is 24.0 Å². The first-order chi connectivity index (χ1) is 21.6. The van der Waals surface area contributed by atoms with Crippen LogP contribution in [0.2, 0.25) is 0 Å². The van der Waals surface area contributed by atoms with E-state index in [9.17, 15) is 27.6 Å². The molecule has 1 aromatic heterocycles. The standard InChI is InChI=1S/C32H39F3N6O4/c1-45-30(44)21-37-29(43)9-3-6-23-14-17-40(18-15-23)27-19-28(39-31(38-27)32(33,34)35)41-16-4-7-25(41)26(42)8-2-5-22-10-12-24(20-36)13-11-22/h10-13,19,23,25H,2-9,14-18,21H2,1H3,(H,37,43)/t25-/m0/s1. The predicted molar refractivity (Wildman–Crippen MR) is 160 cm³/mol. The second kappa shape index (κ2) is 15.7. The van der Waals surface area contributed by atoms with E-state index in [0.717, 1.165) is 24.8 Å². The quantitative estimate of drug-likeness (QED) is 0.317. The van der Waals surface area contributed by atoms with Crippen LogP contribution in [0.15, 0.2) is 30.3 Å². The molecule has 2 aliphatic rings. The number of ketones is 1. The van der Waals surface area contributed by atoms with E-state index in [0.29, 0.717) is 69.6 Å². The highest BCUT2D eigenvalue weighted by Crippen LogP contribution is 2.34. The summed E-state index contributed by atoms with van der Waals surface area (Å²) in [4.78, 5) is 47.6. The molecule has 2 fully saturated rings. The molecule has 0 unspecified atom stereocenters. The molecule has 0 saturated carbocycles. The number of nitrogens with zero attached hydrogens (tertiary/aromatic N) is 5. The maximum absolute atomic E-state index is 13.9. The number of rotatable bonds is 13. The van der Waals surface area contributed by atoms with Crippen LogP contribution in [0.5, 0.6) is 0 Å². The van der Waals surface area contributed by atoms with Gasteiger partial charge in [-0.15, -0.1) is 0 Å². The van der Waals surface area contributed by atoms with Crippen LogP contribution in [-0.4, -0.2) is 67.0 Å². The fourth-order valence-electron chi connectivity index (χ4n) is 5.95. The zero-order valence-corrected chi connectivity index (χ0v) is 25.4. The third-order valence-corrected chi connectivity index (χ3v) is 8.46. The minimum absolute atomic E-state index is 0.0188. The normalized spacial score (nSPS) is 17.2. The highest BCUT2D eigenvalue weighted by atomic mass is 19.4. The monoisotopic (exact) mass is 628 g/mol. The number of carbonyl (C=O) groups is 3. The Morgan fingerprint density at radius 2 is 1.73 bits per heavy atom. The molecule has 242 valence electrons. The zero-order valence-electron chi connectivity index (χ0n) is 25.4. The van der Waals surface area contributed by atoms with Crippen molar-refractivity contribution in [3.05, 3.63) is 47.3 Å². The number of anilines is 2. The topological polar surface area (TPSA) is 129 Å². The summed E-state index contributed by atoms with van der Waals surface area (Å²) in [5.74, 6) is -1.33. The molecule has 0 spiro atoms. The van der Waals surface area contributed by atoms with Gasteiger partial charge in [-0.3, -0.25) is 14.4 Å². The summed E-state index contributed by atoms with van der Waals surface area (Å²) < 4.78 is 46.2. The van der Waals surface area contributed by atoms with E-state index in [1.54, 1.807) is 23.1 Å². The van der Waals surface area contributed by atoms with Crippen molar-refractivity contribution in [3.63, 3.8) is 0 Å². The number of esters is 1. The van der Waals surface area contributed by atoms with Gasteiger partial charge in [-0.25, -0.2) is 9.97 Å². The van der Waals surface area contributed by atoms with E-state index in [2.05, 4.69) is 26.1 Å². The molecular formula is C32H39F3N6O4. The molecule has 1 aromatic carbocycles. The lowest BCUT2D eigenvalue weighted by Gasteiger charge is -2.34. The number of carbonyl (C=O) groups excluding carboxylic acids is 3. The minimum Gasteiger partial charge on any atom is -0.468 e. The molecule has 0 aliphatic carbocycles. The lowest BCUT2D eigenvalue weighted by atomic mass is 9.91. The number of aromatic nitrogens is 2. The van der Waals surface area contributed by atoms with Crippen molar-refractivity contribution in [2.75, 3.05) is 43.1 Å². The second-order valence-electron chi connectivity index (χ2n) is 11.6. The molecule has 13 heteroatoms. The number of benzene rings is 1. The number of Topliss-reactive ketones (excluding diaryl/α,β-unsaturated/α-hetero) is 1. The number of halogens is 3. The summed E-state index contributed by atoms with van der Waals surface area (Å²) in [5, 5.41) is 11.5. The number of piperidine rings is 1. The highest BCUT2D eigenvalue weighted by molar-refractivity contribution is 5.87. The van der Waals surface area contributed by atoms with Crippen molar-refractivity contribution in [2.24, 2.45) is 5.92 Å². The average Bonchev–Trinajstić information content (AvgIpc) is 3.54. The molecule has 0 bridgehead atoms. The van der Waals surface area contributed by atoms with E-state index in [1.807, 2.05) is 17.0 Å². The number of alkyl halides is 3. The Morgan fingerprint density at radius 1 is 1.02 bits per heavy atom. The molecule has 3 heterocycles. The van der Waals surface area contributed by atoms with Crippen LogP contribution in [0.25, 0.3) is 0 Å². The van der Waals surface area contributed by atoms with Crippen LogP contribution in [0.3, 0.4) is 0 Å². The van der Waals surface area contributed by atoms with Gasteiger partial charge < -0.3 is 19.9 Å². The van der Waals surface area contributed by atoms with Gasteiger partial charge in [-0.2, -0.15) is 18.4 Å². The molecule has 1 amide bonds. The molecule has 1 N–H and O–H groups in total. The predicted octanol–water partition coefficient (Wildman–Crippen LogP) is 4.60. The SMILES string of the molecule is COC(=O)CNC(=O)CCCC1CCN(c2cc(N3CCC[C@H]3C(=O)CCCc3ccc(C#N)cc3)nc(C(F)(F)F)n2)CC1. The smallest absolute Gasteiger partial charge is 0.451 e. The van der Waals surface area contributed by atoms with Crippen LogP contribution >= 0.6 is 0 Å². The van der Waals surface area contributed by atoms with E-state index in [1.165, 1.54) is 7.11 Å². The largest absolute Gasteiger partial charge is 0.468 e. The highest BCUT2D eigenvalue weighted by Gasteiger charge is 2.38. The summed E-state index contributed by atoms with van der Waals surface area (Å²) in [6.45, 7) is 1.31. The Labute approximate surface area is 261 Å². The van der Waals surface area contributed by atoms with E-state index >= 15 is 0 Å².